The highest BCUT2D eigenvalue weighted by Gasteiger charge is 2.16. The Bertz CT molecular complexity index is 219. The number of nitrogens with zero attached hydrogens (tertiary/aromatic N) is 1. The molecule has 1 rings (SSSR count). The summed E-state index contributed by atoms with van der Waals surface area (Å²) in [5.41, 5.74) is 0. The Hall–Kier alpha value is -1.30. The van der Waals surface area contributed by atoms with E-state index in [4.69, 9.17) is 9.84 Å². The van der Waals surface area contributed by atoms with E-state index in [1.165, 1.54) is 0 Å². The first-order chi connectivity index (χ1) is 6.70. The number of hydrogen-bond acceptors (Lipinski definition) is 3. The Labute approximate surface area is 81.8 Å². The number of ether oxygens (including phenoxy) is 1. The van der Waals surface area contributed by atoms with Crippen LogP contribution in [0.15, 0.2) is 0 Å². The van der Waals surface area contributed by atoms with Crippen LogP contribution in [0.1, 0.15) is 6.42 Å². The summed E-state index contributed by atoms with van der Waals surface area (Å²) in [6.45, 7) is 1.82. The van der Waals surface area contributed by atoms with Gasteiger partial charge in [-0.1, -0.05) is 0 Å². The molecule has 0 spiro atoms. The second kappa shape index (κ2) is 5.43. The van der Waals surface area contributed by atoms with Gasteiger partial charge < -0.3 is 20.1 Å². The summed E-state index contributed by atoms with van der Waals surface area (Å²) in [6.07, 6.45) is 0.921. The molecule has 6 heteroatoms. The molecule has 1 aliphatic heterocycles. The zero-order valence-corrected chi connectivity index (χ0v) is 7.86. The normalized spacial score (nSPS) is 16.6. The second-order valence-corrected chi connectivity index (χ2v) is 3.02. The molecule has 0 aromatic rings. The quantitative estimate of drug-likeness (QED) is 0.589. The molecule has 2 amide bonds. The number of carbonyl (C=O) groups excluding carboxylic acids is 1. The van der Waals surface area contributed by atoms with Crippen LogP contribution in [0, 0.1) is 0 Å². The third-order valence-corrected chi connectivity index (χ3v) is 1.90. The molecule has 0 saturated carbocycles. The summed E-state index contributed by atoms with van der Waals surface area (Å²) in [4.78, 5) is 22.9. The zero-order valence-electron chi connectivity index (χ0n) is 7.86. The van der Waals surface area contributed by atoms with Gasteiger partial charge in [0.25, 0.3) is 0 Å². The van der Waals surface area contributed by atoms with E-state index in [0.29, 0.717) is 19.6 Å². The highest BCUT2D eigenvalue weighted by atomic mass is 16.5. The van der Waals surface area contributed by atoms with Crippen LogP contribution < -0.4 is 5.32 Å². The van der Waals surface area contributed by atoms with Crippen LogP contribution in [-0.2, 0) is 9.53 Å². The number of rotatable bonds is 5. The van der Waals surface area contributed by atoms with Gasteiger partial charge in [0, 0.05) is 19.6 Å². The molecule has 14 heavy (non-hydrogen) atoms. The summed E-state index contributed by atoms with van der Waals surface area (Å²) < 4.78 is 4.82. The standard InChI is InChI=1S/C8H14N2O4/c11-7(12)6-14-5-4-10-3-1-2-9-8(10)13/h1-6H2,(H,9,13)(H,11,12). The molecule has 2 N–H and O–H groups in total. The van der Waals surface area contributed by atoms with Crippen LogP contribution in [0.4, 0.5) is 4.79 Å². The first-order valence-corrected chi connectivity index (χ1v) is 4.52. The lowest BCUT2D eigenvalue weighted by atomic mass is 10.3. The molecule has 80 valence electrons. The number of urea groups is 1. The van der Waals surface area contributed by atoms with Crippen molar-refractivity contribution in [2.45, 2.75) is 6.42 Å². The molecule has 1 heterocycles. The molecule has 0 aromatic carbocycles. The first kappa shape index (κ1) is 10.8. The van der Waals surface area contributed by atoms with Crippen molar-refractivity contribution < 1.29 is 19.4 Å². The Morgan fingerprint density at radius 1 is 1.64 bits per heavy atom. The van der Waals surface area contributed by atoms with E-state index in [0.717, 1.165) is 6.42 Å². The number of carboxylic acid groups (broad SMARTS) is 1. The number of aliphatic carboxylic acids is 1. The predicted octanol–water partition coefficient (Wildman–Crippen LogP) is -0.497. The molecule has 6 nitrogen and oxygen atoms in total. The van der Waals surface area contributed by atoms with Crippen molar-refractivity contribution in [2.75, 3.05) is 32.8 Å². The molecule has 1 fully saturated rings. The van der Waals surface area contributed by atoms with Crippen molar-refractivity contribution in [3.8, 4) is 0 Å². The van der Waals surface area contributed by atoms with Crippen molar-refractivity contribution in [1.82, 2.24) is 10.2 Å². The van der Waals surface area contributed by atoms with E-state index >= 15 is 0 Å². The van der Waals surface area contributed by atoms with Gasteiger partial charge in [-0.2, -0.15) is 0 Å². The van der Waals surface area contributed by atoms with Gasteiger partial charge in [-0.3, -0.25) is 0 Å². The summed E-state index contributed by atoms with van der Waals surface area (Å²) in [6, 6.07) is -0.102. The minimum absolute atomic E-state index is 0.102. The third-order valence-electron chi connectivity index (χ3n) is 1.90. The molecule has 1 aliphatic rings. The maximum Gasteiger partial charge on any atom is 0.329 e. The average molecular weight is 202 g/mol. The van der Waals surface area contributed by atoms with Gasteiger partial charge in [-0.25, -0.2) is 9.59 Å². The Balaban J connectivity index is 2.10. The van der Waals surface area contributed by atoms with E-state index in [1.54, 1.807) is 4.90 Å². The van der Waals surface area contributed by atoms with Gasteiger partial charge in [0.05, 0.1) is 6.61 Å². The molecule has 0 aromatic heterocycles. The van der Waals surface area contributed by atoms with Crippen LogP contribution in [0.5, 0.6) is 0 Å². The molecule has 0 bridgehead atoms. The average Bonchev–Trinajstić information content (AvgIpc) is 2.15. The number of hydrogen-bond donors (Lipinski definition) is 2. The Morgan fingerprint density at radius 2 is 2.43 bits per heavy atom. The topological polar surface area (TPSA) is 78.9 Å². The van der Waals surface area contributed by atoms with Gasteiger partial charge in [0.15, 0.2) is 0 Å². The summed E-state index contributed by atoms with van der Waals surface area (Å²) in [7, 11) is 0. The second-order valence-electron chi connectivity index (χ2n) is 3.02. The molecular weight excluding hydrogens is 188 g/mol. The number of carbonyl (C=O) groups is 2. The highest BCUT2D eigenvalue weighted by Crippen LogP contribution is 1.98. The Morgan fingerprint density at radius 3 is 3.07 bits per heavy atom. The number of carboxylic acids is 1. The summed E-state index contributed by atoms with van der Waals surface area (Å²) in [5, 5.41) is 11.0. The highest BCUT2D eigenvalue weighted by molar-refractivity contribution is 5.74. The van der Waals surface area contributed by atoms with Gasteiger partial charge in [-0.05, 0) is 6.42 Å². The first-order valence-electron chi connectivity index (χ1n) is 4.52. The Kier molecular flexibility index (Phi) is 4.18. The van der Waals surface area contributed by atoms with E-state index < -0.39 is 5.97 Å². The zero-order chi connectivity index (χ0) is 10.4. The lowest BCUT2D eigenvalue weighted by molar-refractivity contribution is -0.142. The predicted molar refractivity (Wildman–Crippen MR) is 48.0 cm³/mol. The van der Waals surface area contributed by atoms with Crippen molar-refractivity contribution in [1.29, 1.82) is 0 Å². The van der Waals surface area contributed by atoms with Gasteiger partial charge >= 0.3 is 12.0 Å². The molecule has 1 saturated heterocycles. The summed E-state index contributed by atoms with van der Waals surface area (Å²) >= 11 is 0. The monoisotopic (exact) mass is 202 g/mol. The van der Waals surface area contributed by atoms with E-state index in [-0.39, 0.29) is 19.2 Å². The van der Waals surface area contributed by atoms with E-state index in [1.807, 2.05) is 0 Å². The fourth-order valence-electron chi connectivity index (χ4n) is 1.23. The minimum atomic E-state index is -0.993. The van der Waals surface area contributed by atoms with Gasteiger partial charge in [0.1, 0.15) is 6.61 Å². The maximum atomic E-state index is 11.2. The lowest BCUT2D eigenvalue weighted by Crippen LogP contribution is -2.47. The molecule has 0 radical (unpaired) electrons. The molecule has 0 unspecified atom stereocenters. The van der Waals surface area contributed by atoms with Crippen LogP contribution in [0.2, 0.25) is 0 Å². The van der Waals surface area contributed by atoms with E-state index in [9.17, 15) is 9.59 Å². The van der Waals surface area contributed by atoms with Crippen LogP contribution >= 0.6 is 0 Å². The minimum Gasteiger partial charge on any atom is -0.480 e. The van der Waals surface area contributed by atoms with Gasteiger partial charge in [-0.15, -0.1) is 0 Å². The fourth-order valence-corrected chi connectivity index (χ4v) is 1.23. The van der Waals surface area contributed by atoms with Crippen molar-refractivity contribution in [3.05, 3.63) is 0 Å². The van der Waals surface area contributed by atoms with Crippen LogP contribution in [0.25, 0.3) is 0 Å². The molecular formula is C8H14N2O4. The number of nitrogens with one attached hydrogen (secondary N) is 1. The fraction of sp³-hybridized carbons (Fsp3) is 0.750. The van der Waals surface area contributed by atoms with Crippen molar-refractivity contribution in [3.63, 3.8) is 0 Å². The van der Waals surface area contributed by atoms with Crippen molar-refractivity contribution >= 4 is 12.0 Å². The lowest BCUT2D eigenvalue weighted by Gasteiger charge is -2.27. The number of amides is 2. The maximum absolute atomic E-state index is 11.2. The van der Waals surface area contributed by atoms with Crippen LogP contribution in [-0.4, -0.2) is 54.9 Å². The van der Waals surface area contributed by atoms with Gasteiger partial charge in [0.2, 0.25) is 0 Å². The molecule has 0 aliphatic carbocycles. The summed E-state index contributed by atoms with van der Waals surface area (Å²) in [5.74, 6) is -0.993. The molecule has 0 atom stereocenters. The largest absolute Gasteiger partial charge is 0.480 e. The smallest absolute Gasteiger partial charge is 0.329 e. The van der Waals surface area contributed by atoms with Crippen molar-refractivity contribution in [2.24, 2.45) is 0 Å². The SMILES string of the molecule is O=C(O)COCCN1CCCNC1=O. The third kappa shape index (κ3) is 3.61. The van der Waals surface area contributed by atoms with Crippen LogP contribution in [0.3, 0.4) is 0 Å². The van der Waals surface area contributed by atoms with E-state index in [2.05, 4.69) is 5.32 Å².